The largest absolute Gasteiger partial charge is 0.481 e. The van der Waals surface area contributed by atoms with E-state index in [9.17, 15) is 9.59 Å². The third-order valence-electron chi connectivity index (χ3n) is 1.39. The molecular formula is C9H17ClO5. The van der Waals surface area contributed by atoms with Crippen molar-refractivity contribution in [2.24, 2.45) is 0 Å². The summed E-state index contributed by atoms with van der Waals surface area (Å²) < 4.78 is 0. The van der Waals surface area contributed by atoms with Gasteiger partial charge in [-0.15, -0.1) is 11.6 Å². The summed E-state index contributed by atoms with van der Waals surface area (Å²) in [5, 5.41) is 24.1. The molecule has 0 aromatic carbocycles. The summed E-state index contributed by atoms with van der Waals surface area (Å²) in [6.45, 7) is 2.17. The highest BCUT2D eigenvalue weighted by atomic mass is 35.5. The van der Waals surface area contributed by atoms with Crippen molar-refractivity contribution in [1.29, 1.82) is 0 Å². The zero-order valence-corrected chi connectivity index (χ0v) is 9.40. The van der Waals surface area contributed by atoms with Crippen molar-refractivity contribution in [2.75, 3.05) is 5.88 Å². The molecular weight excluding hydrogens is 224 g/mol. The Labute approximate surface area is 93.7 Å². The van der Waals surface area contributed by atoms with Crippen molar-refractivity contribution in [2.45, 2.75) is 38.7 Å². The van der Waals surface area contributed by atoms with Crippen LogP contribution in [0.4, 0.5) is 0 Å². The topological polar surface area (TPSA) is 94.8 Å². The molecule has 0 heterocycles. The number of alkyl halides is 1. The highest BCUT2D eigenvalue weighted by Gasteiger charge is 2.16. The zero-order valence-electron chi connectivity index (χ0n) is 8.65. The number of hydrogen-bond acceptors (Lipinski definition) is 3. The van der Waals surface area contributed by atoms with Gasteiger partial charge in [-0.3, -0.25) is 4.79 Å². The van der Waals surface area contributed by atoms with E-state index in [1.165, 1.54) is 19.3 Å². The molecule has 6 heteroatoms. The lowest BCUT2D eigenvalue weighted by Gasteiger charge is -1.97. The van der Waals surface area contributed by atoms with Gasteiger partial charge >= 0.3 is 11.9 Å². The Morgan fingerprint density at radius 1 is 1.27 bits per heavy atom. The van der Waals surface area contributed by atoms with Crippen molar-refractivity contribution in [3.05, 3.63) is 0 Å². The van der Waals surface area contributed by atoms with Gasteiger partial charge in [0.25, 0.3) is 0 Å². The van der Waals surface area contributed by atoms with Gasteiger partial charge in [0.2, 0.25) is 0 Å². The molecule has 0 saturated heterocycles. The Kier molecular flexibility index (Phi) is 12.5. The van der Waals surface area contributed by atoms with Gasteiger partial charge < -0.3 is 15.3 Å². The average Bonchev–Trinajstić information content (AvgIpc) is 2.14. The third kappa shape index (κ3) is 15.9. The fourth-order valence-corrected chi connectivity index (χ4v) is 0.786. The van der Waals surface area contributed by atoms with Crippen LogP contribution in [0.25, 0.3) is 0 Å². The first-order chi connectivity index (χ1) is 6.95. The van der Waals surface area contributed by atoms with E-state index in [0.717, 1.165) is 5.88 Å². The lowest BCUT2D eigenvalue weighted by atomic mass is 10.3. The van der Waals surface area contributed by atoms with Gasteiger partial charge in [0.1, 0.15) is 0 Å². The number of carbonyl (C=O) groups is 2. The van der Waals surface area contributed by atoms with E-state index in [0.29, 0.717) is 0 Å². The molecule has 15 heavy (non-hydrogen) atoms. The average molecular weight is 241 g/mol. The molecule has 3 N–H and O–H groups in total. The molecule has 0 amide bonds. The van der Waals surface area contributed by atoms with Crippen LogP contribution >= 0.6 is 11.6 Å². The van der Waals surface area contributed by atoms with E-state index in [4.69, 9.17) is 26.9 Å². The summed E-state index contributed by atoms with van der Waals surface area (Å²) in [5.41, 5.74) is 0. The van der Waals surface area contributed by atoms with E-state index in [-0.39, 0.29) is 0 Å². The molecule has 0 spiro atoms. The maximum Gasteiger partial charge on any atom is 0.333 e. The van der Waals surface area contributed by atoms with Crippen molar-refractivity contribution < 1.29 is 24.9 Å². The number of aliphatic hydroxyl groups excluding tert-OH is 1. The fourth-order valence-electron chi connectivity index (χ4n) is 0.597. The number of carboxylic acid groups (broad SMARTS) is 2. The molecule has 5 nitrogen and oxygen atoms in total. The van der Waals surface area contributed by atoms with Crippen LogP contribution in [0.1, 0.15) is 32.6 Å². The maximum absolute atomic E-state index is 9.72. The number of aliphatic carboxylic acids is 2. The normalized spacial score (nSPS) is 11.1. The Morgan fingerprint density at radius 3 is 1.93 bits per heavy atom. The van der Waals surface area contributed by atoms with Crippen LogP contribution < -0.4 is 0 Å². The summed E-state index contributed by atoms with van der Waals surface area (Å²) in [4.78, 5) is 19.4. The zero-order chi connectivity index (χ0) is 12.3. The minimum absolute atomic E-state index is 0.755. The van der Waals surface area contributed by atoms with Gasteiger partial charge in [0.15, 0.2) is 6.10 Å². The summed E-state index contributed by atoms with van der Waals surface area (Å²) in [7, 11) is 0. The van der Waals surface area contributed by atoms with Crippen molar-refractivity contribution >= 4 is 23.5 Å². The standard InChI is InChI=1S/C5H11Cl.C4H6O5/c1-2-3-4-5-6;5-2(4(8)9)1-3(6)7/h2-5H2,1H3;2,5H,1H2,(H,6,7)(H,8,9). The molecule has 0 saturated carbocycles. The molecule has 0 aliphatic heterocycles. The molecule has 0 bridgehead atoms. The van der Waals surface area contributed by atoms with Crippen LogP contribution in [0, 0.1) is 0 Å². The van der Waals surface area contributed by atoms with Gasteiger partial charge in [-0.2, -0.15) is 0 Å². The molecule has 0 aliphatic rings. The molecule has 0 rings (SSSR count). The number of halogens is 1. The van der Waals surface area contributed by atoms with Crippen molar-refractivity contribution in [1.82, 2.24) is 0 Å². The van der Waals surface area contributed by atoms with Crippen molar-refractivity contribution in [3.8, 4) is 0 Å². The van der Waals surface area contributed by atoms with Gasteiger partial charge in [-0.1, -0.05) is 19.8 Å². The molecule has 1 atom stereocenters. The number of hydrogen-bond donors (Lipinski definition) is 3. The first kappa shape index (κ1) is 16.6. The molecule has 1 unspecified atom stereocenters. The second kappa shape index (κ2) is 11.3. The van der Waals surface area contributed by atoms with Gasteiger partial charge in [-0.25, -0.2) is 4.79 Å². The van der Waals surface area contributed by atoms with E-state index in [1.807, 2.05) is 0 Å². The smallest absolute Gasteiger partial charge is 0.333 e. The van der Waals surface area contributed by atoms with E-state index >= 15 is 0 Å². The number of unbranched alkanes of at least 4 members (excludes halogenated alkanes) is 2. The Morgan fingerprint density at radius 2 is 1.80 bits per heavy atom. The summed E-state index contributed by atoms with van der Waals surface area (Å²) in [6.07, 6.45) is 1.19. The highest BCUT2D eigenvalue weighted by molar-refractivity contribution is 6.17. The SMILES string of the molecule is CCCCCCl.O=C(O)CC(O)C(=O)O. The molecule has 0 aromatic rings. The van der Waals surface area contributed by atoms with Gasteiger partial charge in [0, 0.05) is 5.88 Å². The van der Waals surface area contributed by atoms with Gasteiger partial charge in [0.05, 0.1) is 6.42 Å². The quantitative estimate of drug-likeness (QED) is 0.481. The fraction of sp³-hybridized carbons (Fsp3) is 0.778. The van der Waals surface area contributed by atoms with Crippen LogP contribution in [-0.4, -0.2) is 39.2 Å². The molecule has 0 aliphatic carbocycles. The number of rotatable bonds is 6. The first-order valence-electron chi connectivity index (χ1n) is 4.64. The number of carboxylic acids is 2. The monoisotopic (exact) mass is 240 g/mol. The molecule has 0 fully saturated rings. The minimum atomic E-state index is -1.79. The molecule has 0 radical (unpaired) electrons. The molecule has 90 valence electrons. The van der Waals surface area contributed by atoms with Crippen LogP contribution in [-0.2, 0) is 9.59 Å². The van der Waals surface area contributed by atoms with E-state index in [1.54, 1.807) is 0 Å². The van der Waals surface area contributed by atoms with Gasteiger partial charge in [-0.05, 0) is 6.42 Å². The van der Waals surface area contributed by atoms with E-state index < -0.39 is 24.5 Å². The van der Waals surface area contributed by atoms with Crippen LogP contribution in [0.5, 0.6) is 0 Å². The predicted octanol–water partition coefficient (Wildman–Crippen LogP) is 1.32. The highest BCUT2D eigenvalue weighted by Crippen LogP contribution is 1.93. The predicted molar refractivity (Wildman–Crippen MR) is 56.1 cm³/mol. The van der Waals surface area contributed by atoms with Crippen LogP contribution in [0.2, 0.25) is 0 Å². The lowest BCUT2D eigenvalue weighted by Crippen LogP contribution is -2.22. The summed E-state index contributed by atoms with van der Waals surface area (Å²) in [6, 6.07) is 0. The second-order valence-electron chi connectivity index (χ2n) is 2.85. The van der Waals surface area contributed by atoms with Crippen molar-refractivity contribution in [3.63, 3.8) is 0 Å². The molecule has 0 aromatic heterocycles. The Balaban J connectivity index is 0. The summed E-state index contributed by atoms with van der Waals surface area (Å²) >= 11 is 5.38. The van der Waals surface area contributed by atoms with E-state index in [2.05, 4.69) is 6.92 Å². The van der Waals surface area contributed by atoms with Crippen LogP contribution in [0.15, 0.2) is 0 Å². The van der Waals surface area contributed by atoms with Crippen LogP contribution in [0.3, 0.4) is 0 Å². The maximum atomic E-state index is 9.72. The first-order valence-corrected chi connectivity index (χ1v) is 5.17. The number of aliphatic hydroxyl groups is 1. The Bertz CT molecular complexity index is 179. The lowest BCUT2D eigenvalue weighted by molar-refractivity contribution is -0.152. The minimum Gasteiger partial charge on any atom is -0.481 e. The Hall–Kier alpha value is -0.810. The third-order valence-corrected chi connectivity index (χ3v) is 1.66. The summed E-state index contributed by atoms with van der Waals surface area (Å²) in [5.74, 6) is -2.02. The second-order valence-corrected chi connectivity index (χ2v) is 3.23.